The van der Waals surface area contributed by atoms with Crippen LogP contribution in [-0.4, -0.2) is 22.4 Å². The summed E-state index contributed by atoms with van der Waals surface area (Å²) >= 11 is 0. The molecule has 1 aliphatic carbocycles. The van der Waals surface area contributed by atoms with E-state index in [1.54, 1.807) is 18.2 Å². The Balaban J connectivity index is 2.06. The van der Waals surface area contributed by atoms with Crippen LogP contribution in [0.25, 0.3) is 10.9 Å². The number of nitrogens with zero attached hydrogens (tertiary/aromatic N) is 1. The molecular formula is C13H11NO4. The highest BCUT2D eigenvalue weighted by atomic mass is 16.6. The Kier molecular flexibility index (Phi) is 1.82. The third kappa shape index (κ3) is 1.13. The number of benzene rings is 1. The van der Waals surface area contributed by atoms with Crippen LogP contribution in [0.3, 0.4) is 0 Å². The normalized spacial score (nSPS) is 33.0. The van der Waals surface area contributed by atoms with E-state index in [2.05, 4.69) is 0 Å². The predicted molar refractivity (Wildman–Crippen MR) is 61.5 cm³/mol. The summed E-state index contributed by atoms with van der Waals surface area (Å²) in [7, 11) is 0. The molecule has 2 heterocycles. The van der Waals surface area contributed by atoms with Gasteiger partial charge in [-0.3, -0.25) is 0 Å². The number of fused-ring (bicyclic) bond motifs is 5. The van der Waals surface area contributed by atoms with Crippen LogP contribution in [0.15, 0.2) is 30.5 Å². The maximum atomic E-state index is 11.7. The molecule has 92 valence electrons. The number of hydrogen-bond donors (Lipinski definition) is 2. The highest BCUT2D eigenvalue weighted by molar-refractivity contribution is 5.82. The van der Waals surface area contributed by atoms with Crippen molar-refractivity contribution < 1.29 is 19.7 Å². The summed E-state index contributed by atoms with van der Waals surface area (Å²) < 4.78 is 6.21. The zero-order chi connectivity index (χ0) is 12.4. The minimum Gasteiger partial charge on any atom is -0.618 e. The molecule has 0 radical (unpaired) electrons. The molecule has 18 heavy (non-hydrogen) atoms. The van der Waals surface area contributed by atoms with Crippen LogP contribution in [0, 0.1) is 5.21 Å². The number of hydrogen-bond acceptors (Lipinski definition) is 4. The van der Waals surface area contributed by atoms with E-state index in [0.29, 0.717) is 11.1 Å². The second-order valence-corrected chi connectivity index (χ2v) is 4.79. The fraction of sp³-hybridized carbons (Fsp3) is 0.308. The molecule has 2 aromatic rings. The van der Waals surface area contributed by atoms with Gasteiger partial charge in [0.05, 0.1) is 5.39 Å². The molecule has 4 rings (SSSR count). The van der Waals surface area contributed by atoms with Crippen LogP contribution in [0.4, 0.5) is 0 Å². The van der Waals surface area contributed by atoms with Crippen LogP contribution >= 0.6 is 0 Å². The quantitative estimate of drug-likeness (QED) is 0.398. The zero-order valence-electron chi connectivity index (χ0n) is 9.35. The summed E-state index contributed by atoms with van der Waals surface area (Å²) in [5, 5.41) is 32.3. The monoisotopic (exact) mass is 245 g/mol. The Morgan fingerprint density at radius 3 is 2.89 bits per heavy atom. The van der Waals surface area contributed by atoms with Crippen LogP contribution in [-0.2, 0) is 4.74 Å². The molecular weight excluding hydrogens is 234 g/mol. The molecule has 0 bridgehead atoms. The van der Waals surface area contributed by atoms with Gasteiger partial charge in [-0.1, -0.05) is 0 Å². The van der Waals surface area contributed by atoms with Gasteiger partial charge in [0.25, 0.3) is 0 Å². The molecule has 0 amide bonds. The molecule has 2 aliphatic rings. The number of rotatable bonds is 0. The van der Waals surface area contributed by atoms with E-state index >= 15 is 0 Å². The van der Waals surface area contributed by atoms with E-state index < -0.39 is 12.2 Å². The van der Waals surface area contributed by atoms with E-state index in [4.69, 9.17) is 4.74 Å². The van der Waals surface area contributed by atoms with Gasteiger partial charge in [0.15, 0.2) is 6.20 Å². The molecule has 5 nitrogen and oxygen atoms in total. The van der Waals surface area contributed by atoms with Gasteiger partial charge >= 0.3 is 0 Å². The number of epoxide rings is 1. The van der Waals surface area contributed by atoms with Crippen molar-refractivity contribution in [2.75, 3.05) is 0 Å². The van der Waals surface area contributed by atoms with Crippen molar-refractivity contribution in [3.05, 3.63) is 46.8 Å². The fourth-order valence-electron chi connectivity index (χ4n) is 2.86. The van der Waals surface area contributed by atoms with Crippen molar-refractivity contribution in [3.63, 3.8) is 0 Å². The van der Waals surface area contributed by atoms with Crippen molar-refractivity contribution in [2.45, 2.75) is 24.4 Å². The Labute approximate surface area is 102 Å². The van der Waals surface area contributed by atoms with Crippen molar-refractivity contribution in [2.24, 2.45) is 0 Å². The summed E-state index contributed by atoms with van der Waals surface area (Å²) in [5.74, 6) is 0. The highest BCUT2D eigenvalue weighted by Gasteiger charge is 2.54. The van der Waals surface area contributed by atoms with Gasteiger partial charge in [-0.2, -0.15) is 4.73 Å². The van der Waals surface area contributed by atoms with E-state index in [0.717, 1.165) is 15.7 Å². The third-order valence-corrected chi connectivity index (χ3v) is 3.81. The molecule has 1 fully saturated rings. The van der Waals surface area contributed by atoms with E-state index in [1.807, 2.05) is 6.07 Å². The lowest BCUT2D eigenvalue weighted by atomic mass is 9.85. The first kappa shape index (κ1) is 10.3. The van der Waals surface area contributed by atoms with Gasteiger partial charge in [-0.25, -0.2) is 0 Å². The molecule has 1 aliphatic heterocycles. The predicted octanol–water partition coefficient (Wildman–Crippen LogP) is 0.321. The molecule has 1 aromatic heterocycles. The molecule has 5 heteroatoms. The zero-order valence-corrected chi connectivity index (χ0v) is 9.35. The van der Waals surface area contributed by atoms with Gasteiger partial charge < -0.3 is 20.2 Å². The lowest BCUT2D eigenvalue weighted by Gasteiger charge is -2.23. The Morgan fingerprint density at radius 2 is 2.06 bits per heavy atom. The highest BCUT2D eigenvalue weighted by Crippen LogP contribution is 2.52. The first-order valence-electron chi connectivity index (χ1n) is 5.85. The van der Waals surface area contributed by atoms with Gasteiger partial charge in [0, 0.05) is 17.7 Å². The average Bonchev–Trinajstić information content (AvgIpc) is 3.15. The van der Waals surface area contributed by atoms with E-state index in [1.165, 1.54) is 6.20 Å². The minimum atomic E-state index is -0.951. The molecule has 1 aromatic carbocycles. The maximum Gasteiger partial charge on any atom is 0.224 e. The summed E-state index contributed by atoms with van der Waals surface area (Å²) in [5.41, 5.74) is 2.04. The Bertz CT molecular complexity index is 657. The first-order valence-corrected chi connectivity index (χ1v) is 5.85. The third-order valence-electron chi connectivity index (χ3n) is 3.81. The van der Waals surface area contributed by atoms with E-state index in [9.17, 15) is 15.4 Å². The van der Waals surface area contributed by atoms with Crippen LogP contribution in [0.1, 0.15) is 23.3 Å². The van der Waals surface area contributed by atoms with Gasteiger partial charge in [-0.05, 0) is 17.7 Å². The smallest absolute Gasteiger partial charge is 0.224 e. The number of aliphatic hydroxyl groups is 2. The summed E-state index contributed by atoms with van der Waals surface area (Å²) in [4.78, 5) is 0. The maximum absolute atomic E-state index is 11.7. The standard InChI is InChI=1S/C13H11NO4/c15-10-7-3-4-8-6(2-1-5-14(8)17)9(7)12-13(18-12)11(10)16/h1-5,10-13,15-16H. The molecule has 4 atom stereocenters. The lowest BCUT2D eigenvalue weighted by Crippen LogP contribution is -2.30. The van der Waals surface area contributed by atoms with Crippen molar-refractivity contribution in [1.29, 1.82) is 0 Å². The molecule has 2 N–H and O–H groups in total. The van der Waals surface area contributed by atoms with Crippen molar-refractivity contribution in [3.8, 4) is 0 Å². The lowest BCUT2D eigenvalue weighted by molar-refractivity contribution is -0.577. The van der Waals surface area contributed by atoms with Gasteiger partial charge in [0.2, 0.25) is 5.52 Å². The SMILES string of the molecule is [O-][n+]1cccc2c3c(ccc21)C(O)C(O)C1OC31. The molecule has 0 saturated carbocycles. The molecule has 0 spiro atoms. The second-order valence-electron chi connectivity index (χ2n) is 4.79. The van der Waals surface area contributed by atoms with E-state index in [-0.39, 0.29) is 12.2 Å². The number of pyridine rings is 1. The van der Waals surface area contributed by atoms with Gasteiger partial charge in [0.1, 0.15) is 24.4 Å². The first-order chi connectivity index (χ1) is 8.68. The summed E-state index contributed by atoms with van der Waals surface area (Å²) in [6.45, 7) is 0. The van der Waals surface area contributed by atoms with Gasteiger partial charge in [-0.15, -0.1) is 0 Å². The summed E-state index contributed by atoms with van der Waals surface area (Å²) in [6, 6.07) is 6.87. The fourth-order valence-corrected chi connectivity index (χ4v) is 2.86. The molecule has 4 unspecified atom stereocenters. The Morgan fingerprint density at radius 1 is 1.22 bits per heavy atom. The summed E-state index contributed by atoms with van der Waals surface area (Å²) in [6.07, 6.45) is -0.951. The van der Waals surface area contributed by atoms with Crippen LogP contribution in [0.2, 0.25) is 0 Å². The topological polar surface area (TPSA) is 79.9 Å². The Hall–Kier alpha value is -1.69. The largest absolute Gasteiger partial charge is 0.618 e. The second kappa shape index (κ2) is 3.20. The van der Waals surface area contributed by atoms with Crippen LogP contribution < -0.4 is 4.73 Å². The average molecular weight is 245 g/mol. The van der Waals surface area contributed by atoms with Crippen molar-refractivity contribution >= 4 is 10.9 Å². The minimum absolute atomic E-state index is 0.204. The van der Waals surface area contributed by atoms with Crippen LogP contribution in [0.5, 0.6) is 0 Å². The number of ether oxygens (including phenoxy) is 1. The number of aromatic nitrogens is 1. The number of aliphatic hydroxyl groups excluding tert-OH is 2. The molecule has 1 saturated heterocycles. The van der Waals surface area contributed by atoms with Crippen molar-refractivity contribution in [1.82, 2.24) is 0 Å².